The Morgan fingerprint density at radius 1 is 0.906 bits per heavy atom. The lowest BCUT2D eigenvalue weighted by Gasteiger charge is -2.12. The van der Waals surface area contributed by atoms with Gasteiger partial charge in [-0.15, -0.1) is 0 Å². The molecule has 0 aliphatic carbocycles. The van der Waals surface area contributed by atoms with Gasteiger partial charge in [0.25, 0.3) is 5.91 Å². The van der Waals surface area contributed by atoms with Crippen LogP contribution in [0, 0.1) is 0 Å². The molecule has 0 aliphatic heterocycles. The highest BCUT2D eigenvalue weighted by molar-refractivity contribution is 9.10. The van der Waals surface area contributed by atoms with Gasteiger partial charge in [0.1, 0.15) is 12.4 Å². The molecule has 0 radical (unpaired) electrons. The lowest BCUT2D eigenvalue weighted by atomic mass is 10.2. The fourth-order valence-electron chi connectivity index (χ4n) is 2.83. The molecular weight excluding hydrogens is 472 g/mol. The predicted octanol–water partition coefficient (Wildman–Crippen LogP) is 5.59. The Balaban J connectivity index is 1.61. The van der Waals surface area contributed by atoms with Crippen LogP contribution in [0.25, 0.3) is 0 Å². The van der Waals surface area contributed by atoms with Crippen LogP contribution in [0.5, 0.6) is 17.2 Å². The molecule has 32 heavy (non-hydrogen) atoms. The molecule has 0 bridgehead atoms. The van der Waals surface area contributed by atoms with Gasteiger partial charge in [-0.1, -0.05) is 28.1 Å². The van der Waals surface area contributed by atoms with Crippen LogP contribution in [0.4, 0.5) is 0 Å². The zero-order valence-electron chi connectivity index (χ0n) is 18.0. The second-order valence-corrected chi connectivity index (χ2v) is 7.63. The van der Waals surface area contributed by atoms with Gasteiger partial charge in [0.2, 0.25) is 0 Å². The van der Waals surface area contributed by atoms with Crippen LogP contribution in [-0.4, -0.2) is 25.3 Å². The van der Waals surface area contributed by atoms with Gasteiger partial charge in [-0.25, -0.2) is 5.43 Å². The third kappa shape index (κ3) is 6.85. The molecule has 0 unspecified atom stereocenters. The summed E-state index contributed by atoms with van der Waals surface area (Å²) < 4.78 is 18.1. The summed E-state index contributed by atoms with van der Waals surface area (Å²) in [6.07, 6.45) is 1.56. The number of amides is 1. The quantitative estimate of drug-likeness (QED) is 0.293. The first-order chi connectivity index (χ1) is 15.6. The van der Waals surface area contributed by atoms with Gasteiger partial charge in [-0.3, -0.25) is 4.79 Å². The zero-order chi connectivity index (χ0) is 22.8. The van der Waals surface area contributed by atoms with Crippen molar-refractivity contribution in [2.75, 3.05) is 13.2 Å². The summed E-state index contributed by atoms with van der Waals surface area (Å²) in [5.41, 5.74) is 4.86. The summed E-state index contributed by atoms with van der Waals surface area (Å²) in [6.45, 7) is 5.33. The average Bonchev–Trinajstić information content (AvgIpc) is 2.80. The molecule has 166 valence electrons. The Morgan fingerprint density at radius 2 is 1.62 bits per heavy atom. The number of carbonyl (C=O) groups is 1. The summed E-state index contributed by atoms with van der Waals surface area (Å²) in [6, 6.07) is 20.4. The maximum absolute atomic E-state index is 12.3. The van der Waals surface area contributed by atoms with E-state index in [0.29, 0.717) is 36.9 Å². The second kappa shape index (κ2) is 11.9. The molecule has 1 amide bonds. The minimum absolute atomic E-state index is 0.302. The molecule has 0 heterocycles. The lowest BCUT2D eigenvalue weighted by Crippen LogP contribution is -2.17. The van der Waals surface area contributed by atoms with Crippen molar-refractivity contribution in [3.63, 3.8) is 0 Å². The third-order valence-corrected chi connectivity index (χ3v) is 4.91. The molecule has 0 fully saturated rings. The molecule has 6 nitrogen and oxygen atoms in total. The molecule has 0 aromatic heterocycles. The van der Waals surface area contributed by atoms with Crippen LogP contribution in [0.15, 0.2) is 76.3 Å². The number of rotatable bonds is 10. The summed E-state index contributed by atoms with van der Waals surface area (Å²) in [5.74, 6) is 1.68. The standard InChI is InChI=1S/C25H25BrN2O4/c1-3-30-22-12-8-20(9-13-22)25(29)28-27-16-19-7-14-23(24(15-19)31-4-2)32-17-18-5-10-21(26)11-6-18/h5-16H,3-4,17H2,1-2H3,(H,28,29)/b27-16-. The van der Waals surface area contributed by atoms with E-state index in [9.17, 15) is 4.79 Å². The maximum atomic E-state index is 12.3. The van der Waals surface area contributed by atoms with Crippen molar-refractivity contribution in [2.24, 2.45) is 5.10 Å². The van der Waals surface area contributed by atoms with Crippen LogP contribution in [0.1, 0.15) is 35.3 Å². The molecule has 0 atom stereocenters. The Morgan fingerprint density at radius 3 is 2.31 bits per heavy atom. The van der Waals surface area contributed by atoms with Gasteiger partial charge in [0.05, 0.1) is 19.4 Å². The van der Waals surface area contributed by atoms with Gasteiger partial charge in [-0.2, -0.15) is 5.10 Å². The fraction of sp³-hybridized carbons (Fsp3) is 0.200. The highest BCUT2D eigenvalue weighted by Crippen LogP contribution is 2.29. The normalized spacial score (nSPS) is 10.7. The Hall–Kier alpha value is -3.32. The van der Waals surface area contributed by atoms with Crippen molar-refractivity contribution in [1.82, 2.24) is 5.43 Å². The topological polar surface area (TPSA) is 69.2 Å². The monoisotopic (exact) mass is 496 g/mol. The van der Waals surface area contributed by atoms with E-state index in [1.165, 1.54) is 0 Å². The summed E-state index contributed by atoms with van der Waals surface area (Å²) in [4.78, 5) is 12.3. The van der Waals surface area contributed by atoms with E-state index >= 15 is 0 Å². The Kier molecular flexibility index (Phi) is 8.69. The van der Waals surface area contributed by atoms with E-state index in [2.05, 4.69) is 26.5 Å². The number of nitrogens with one attached hydrogen (secondary N) is 1. The van der Waals surface area contributed by atoms with Gasteiger partial charge in [0.15, 0.2) is 11.5 Å². The van der Waals surface area contributed by atoms with Crippen LogP contribution >= 0.6 is 15.9 Å². The molecule has 7 heteroatoms. The van der Waals surface area contributed by atoms with Gasteiger partial charge >= 0.3 is 0 Å². The number of benzene rings is 3. The van der Waals surface area contributed by atoms with E-state index in [4.69, 9.17) is 14.2 Å². The first kappa shape index (κ1) is 23.3. The molecule has 3 rings (SSSR count). The molecule has 0 aliphatic rings. The smallest absolute Gasteiger partial charge is 0.271 e. The highest BCUT2D eigenvalue weighted by atomic mass is 79.9. The van der Waals surface area contributed by atoms with Crippen molar-refractivity contribution in [1.29, 1.82) is 0 Å². The van der Waals surface area contributed by atoms with Crippen LogP contribution in [0.3, 0.4) is 0 Å². The summed E-state index contributed by atoms with van der Waals surface area (Å²) in [5, 5.41) is 4.05. The first-order valence-electron chi connectivity index (χ1n) is 10.3. The number of hydrazone groups is 1. The number of nitrogens with zero attached hydrogens (tertiary/aromatic N) is 1. The van der Waals surface area contributed by atoms with Gasteiger partial charge < -0.3 is 14.2 Å². The molecule has 0 saturated heterocycles. The third-order valence-electron chi connectivity index (χ3n) is 4.38. The lowest BCUT2D eigenvalue weighted by molar-refractivity contribution is 0.0955. The second-order valence-electron chi connectivity index (χ2n) is 6.71. The minimum atomic E-state index is -0.302. The molecule has 3 aromatic rings. The largest absolute Gasteiger partial charge is 0.494 e. The van der Waals surface area contributed by atoms with Gasteiger partial charge in [-0.05, 0) is 79.6 Å². The number of hydrogen-bond donors (Lipinski definition) is 1. The fourth-order valence-corrected chi connectivity index (χ4v) is 3.10. The molecule has 3 aromatic carbocycles. The highest BCUT2D eigenvalue weighted by Gasteiger charge is 2.08. The Bertz CT molecular complexity index is 1050. The zero-order valence-corrected chi connectivity index (χ0v) is 19.6. The molecule has 1 N–H and O–H groups in total. The van der Waals surface area contributed by atoms with E-state index in [1.807, 2.05) is 56.3 Å². The minimum Gasteiger partial charge on any atom is -0.494 e. The Labute approximate surface area is 196 Å². The SMILES string of the molecule is CCOc1ccc(C(=O)N/N=C\c2ccc(OCc3ccc(Br)cc3)c(OCC)c2)cc1. The van der Waals surface area contributed by atoms with Crippen molar-refractivity contribution in [2.45, 2.75) is 20.5 Å². The van der Waals surface area contributed by atoms with Gasteiger partial charge in [0, 0.05) is 10.0 Å². The molecule has 0 saturated carbocycles. The van der Waals surface area contributed by atoms with Crippen LogP contribution < -0.4 is 19.6 Å². The van der Waals surface area contributed by atoms with Crippen molar-refractivity contribution in [3.05, 3.63) is 87.9 Å². The van der Waals surface area contributed by atoms with Crippen molar-refractivity contribution < 1.29 is 19.0 Å². The number of carbonyl (C=O) groups excluding carboxylic acids is 1. The molecular formula is C25H25BrN2O4. The van der Waals surface area contributed by atoms with E-state index in [0.717, 1.165) is 21.3 Å². The van der Waals surface area contributed by atoms with E-state index in [-0.39, 0.29) is 5.91 Å². The number of halogens is 1. The first-order valence-corrected chi connectivity index (χ1v) is 11.1. The average molecular weight is 497 g/mol. The summed E-state index contributed by atoms with van der Waals surface area (Å²) in [7, 11) is 0. The van der Waals surface area contributed by atoms with Crippen LogP contribution in [-0.2, 0) is 6.61 Å². The predicted molar refractivity (Wildman–Crippen MR) is 129 cm³/mol. The van der Waals surface area contributed by atoms with Crippen LogP contribution in [0.2, 0.25) is 0 Å². The maximum Gasteiger partial charge on any atom is 0.271 e. The van der Waals surface area contributed by atoms with E-state index < -0.39 is 0 Å². The number of ether oxygens (including phenoxy) is 3. The van der Waals surface area contributed by atoms with Crippen molar-refractivity contribution in [3.8, 4) is 17.2 Å². The van der Waals surface area contributed by atoms with Crippen molar-refractivity contribution >= 4 is 28.1 Å². The molecule has 0 spiro atoms. The number of hydrogen-bond acceptors (Lipinski definition) is 5. The summed E-state index contributed by atoms with van der Waals surface area (Å²) >= 11 is 3.43. The van der Waals surface area contributed by atoms with E-state index in [1.54, 1.807) is 30.5 Å².